The van der Waals surface area contributed by atoms with E-state index in [4.69, 9.17) is 14.2 Å². The van der Waals surface area contributed by atoms with Gasteiger partial charge in [-0.05, 0) is 37.6 Å². The van der Waals surface area contributed by atoms with E-state index < -0.39 is 17.9 Å². The molecule has 1 aliphatic heterocycles. The molecule has 7 nitrogen and oxygen atoms in total. The van der Waals surface area contributed by atoms with Crippen molar-refractivity contribution in [1.82, 2.24) is 0 Å². The molecule has 130 valence electrons. The summed E-state index contributed by atoms with van der Waals surface area (Å²) < 4.78 is 14.8. The van der Waals surface area contributed by atoms with Gasteiger partial charge in [-0.15, -0.1) is 0 Å². The smallest absolute Gasteiger partial charge is 0.329 e. The number of methoxy groups -OCH3 is 2. The van der Waals surface area contributed by atoms with Crippen LogP contribution in [0.25, 0.3) is 0 Å². The number of β-lactam (4-membered cyclic amide) rings is 1. The topological polar surface area (TPSA) is 82.1 Å². The molecule has 0 saturated carbocycles. The van der Waals surface area contributed by atoms with Crippen molar-refractivity contribution in [2.24, 2.45) is 5.92 Å². The van der Waals surface area contributed by atoms with Gasteiger partial charge in [-0.1, -0.05) is 0 Å². The van der Waals surface area contributed by atoms with Gasteiger partial charge in [0.05, 0.1) is 26.7 Å². The average Bonchev–Trinajstić information content (AvgIpc) is 2.59. The zero-order valence-electron chi connectivity index (χ0n) is 14.0. The number of ether oxygens (including phenoxy) is 3. The van der Waals surface area contributed by atoms with Gasteiger partial charge in [0, 0.05) is 12.1 Å². The van der Waals surface area contributed by atoms with Crippen LogP contribution >= 0.6 is 0 Å². The van der Waals surface area contributed by atoms with Crippen LogP contribution < -0.4 is 9.64 Å². The zero-order valence-corrected chi connectivity index (χ0v) is 14.0. The maximum Gasteiger partial charge on any atom is 0.329 e. The Bertz CT molecular complexity index is 612. The van der Waals surface area contributed by atoms with E-state index in [0.29, 0.717) is 11.4 Å². The highest BCUT2D eigenvalue weighted by Gasteiger charge is 2.52. The van der Waals surface area contributed by atoms with Crippen LogP contribution in [0.5, 0.6) is 5.75 Å². The van der Waals surface area contributed by atoms with Gasteiger partial charge in [-0.3, -0.25) is 14.5 Å². The molecule has 1 aromatic carbocycles. The van der Waals surface area contributed by atoms with Crippen LogP contribution in [-0.4, -0.2) is 44.7 Å². The van der Waals surface area contributed by atoms with Crippen LogP contribution in [-0.2, 0) is 23.9 Å². The minimum absolute atomic E-state index is 0.0915. The number of rotatable bonds is 7. The highest BCUT2D eigenvalue weighted by Crippen LogP contribution is 2.36. The lowest BCUT2D eigenvalue weighted by atomic mass is 9.83. The lowest BCUT2D eigenvalue weighted by Crippen LogP contribution is -2.65. The summed E-state index contributed by atoms with van der Waals surface area (Å²) in [6, 6.07) is 6.10. The fourth-order valence-corrected chi connectivity index (χ4v) is 2.76. The van der Waals surface area contributed by atoms with E-state index in [2.05, 4.69) is 0 Å². The minimum atomic E-state index is -0.731. The minimum Gasteiger partial charge on any atom is -0.497 e. The summed E-state index contributed by atoms with van der Waals surface area (Å²) in [6.07, 6.45) is 0.346. The molecule has 24 heavy (non-hydrogen) atoms. The fourth-order valence-electron chi connectivity index (χ4n) is 2.76. The molecule has 1 aromatic rings. The number of anilines is 1. The van der Waals surface area contributed by atoms with Crippen LogP contribution in [0.4, 0.5) is 5.69 Å². The average molecular weight is 335 g/mol. The molecule has 1 heterocycles. The maximum absolute atomic E-state index is 12.5. The number of esters is 2. The Hall–Kier alpha value is -2.57. The molecule has 0 N–H and O–H groups in total. The largest absolute Gasteiger partial charge is 0.497 e. The SMILES string of the molecule is CCOC(=O)CC[C@@H]1C(=O)N(c2ccc(OC)cc2)[C@@H]1C(=O)OC. The Kier molecular flexibility index (Phi) is 5.78. The van der Waals surface area contributed by atoms with Crippen molar-refractivity contribution in [3.05, 3.63) is 24.3 Å². The van der Waals surface area contributed by atoms with Gasteiger partial charge < -0.3 is 14.2 Å². The van der Waals surface area contributed by atoms with Crippen molar-refractivity contribution >= 4 is 23.5 Å². The molecule has 0 bridgehead atoms. The Balaban J connectivity index is 2.12. The fraction of sp³-hybridized carbons (Fsp3) is 0.471. The van der Waals surface area contributed by atoms with Gasteiger partial charge in [0.15, 0.2) is 0 Å². The molecule has 2 atom stereocenters. The predicted octanol–water partition coefficient (Wildman–Crippen LogP) is 1.54. The highest BCUT2D eigenvalue weighted by molar-refractivity contribution is 6.10. The molecule has 0 aromatic heterocycles. The number of benzene rings is 1. The molecule has 1 fully saturated rings. The summed E-state index contributed by atoms with van der Waals surface area (Å²) >= 11 is 0. The molecular weight excluding hydrogens is 314 g/mol. The van der Waals surface area contributed by atoms with Gasteiger partial charge >= 0.3 is 11.9 Å². The Morgan fingerprint density at radius 2 is 1.83 bits per heavy atom. The highest BCUT2D eigenvalue weighted by atomic mass is 16.5. The third-order valence-corrected chi connectivity index (χ3v) is 3.97. The van der Waals surface area contributed by atoms with Crippen molar-refractivity contribution in [2.75, 3.05) is 25.7 Å². The van der Waals surface area contributed by atoms with Crippen molar-refractivity contribution in [2.45, 2.75) is 25.8 Å². The van der Waals surface area contributed by atoms with Gasteiger partial charge in [-0.2, -0.15) is 0 Å². The summed E-state index contributed by atoms with van der Waals surface area (Å²) in [7, 11) is 2.83. The molecule has 2 rings (SSSR count). The molecule has 1 saturated heterocycles. The summed E-state index contributed by atoms with van der Waals surface area (Å²) in [5.41, 5.74) is 0.587. The number of nitrogens with zero attached hydrogens (tertiary/aromatic N) is 1. The van der Waals surface area contributed by atoms with Crippen LogP contribution in [0, 0.1) is 5.92 Å². The lowest BCUT2D eigenvalue weighted by molar-refractivity contribution is -0.153. The molecule has 1 amide bonds. The first kappa shape index (κ1) is 17.8. The third-order valence-electron chi connectivity index (χ3n) is 3.97. The van der Waals surface area contributed by atoms with Gasteiger partial charge in [0.25, 0.3) is 0 Å². The van der Waals surface area contributed by atoms with Gasteiger partial charge in [0.2, 0.25) is 5.91 Å². The first-order chi connectivity index (χ1) is 11.5. The summed E-state index contributed by atoms with van der Waals surface area (Å²) in [4.78, 5) is 37.4. The summed E-state index contributed by atoms with van der Waals surface area (Å²) in [5, 5.41) is 0. The third kappa shape index (κ3) is 3.50. The molecule has 0 unspecified atom stereocenters. The second kappa shape index (κ2) is 7.81. The Morgan fingerprint density at radius 1 is 1.17 bits per heavy atom. The number of carbonyl (C=O) groups excluding carboxylic acids is 3. The first-order valence-electron chi connectivity index (χ1n) is 7.74. The van der Waals surface area contributed by atoms with E-state index in [1.807, 2.05) is 0 Å². The van der Waals surface area contributed by atoms with E-state index in [1.165, 1.54) is 12.0 Å². The summed E-state index contributed by atoms with van der Waals surface area (Å²) in [5.74, 6) is -1.01. The second-order valence-corrected chi connectivity index (χ2v) is 5.32. The van der Waals surface area contributed by atoms with Gasteiger partial charge in [-0.25, -0.2) is 4.79 Å². The Morgan fingerprint density at radius 3 is 2.38 bits per heavy atom. The molecule has 7 heteroatoms. The summed E-state index contributed by atoms with van der Waals surface area (Å²) in [6.45, 7) is 2.00. The van der Waals surface area contributed by atoms with Crippen molar-refractivity contribution < 1.29 is 28.6 Å². The molecule has 0 spiro atoms. The first-order valence-corrected chi connectivity index (χ1v) is 7.74. The molecule has 1 aliphatic rings. The van der Waals surface area contributed by atoms with Crippen molar-refractivity contribution in [1.29, 1.82) is 0 Å². The van der Waals surface area contributed by atoms with Crippen LogP contribution in [0.2, 0.25) is 0 Å². The zero-order chi connectivity index (χ0) is 17.7. The van der Waals surface area contributed by atoms with E-state index in [0.717, 1.165) is 0 Å². The number of carbonyl (C=O) groups is 3. The lowest BCUT2D eigenvalue weighted by Gasteiger charge is -2.45. The van der Waals surface area contributed by atoms with E-state index in [-0.39, 0.29) is 31.3 Å². The van der Waals surface area contributed by atoms with E-state index in [1.54, 1.807) is 38.3 Å². The van der Waals surface area contributed by atoms with Gasteiger partial charge in [0.1, 0.15) is 11.8 Å². The number of hydrogen-bond acceptors (Lipinski definition) is 6. The quantitative estimate of drug-likeness (QED) is 0.555. The van der Waals surface area contributed by atoms with Crippen LogP contribution in [0.1, 0.15) is 19.8 Å². The van der Waals surface area contributed by atoms with Crippen molar-refractivity contribution in [3.8, 4) is 5.75 Å². The predicted molar refractivity (Wildman–Crippen MR) is 85.6 cm³/mol. The van der Waals surface area contributed by atoms with Crippen LogP contribution in [0.15, 0.2) is 24.3 Å². The number of amides is 1. The maximum atomic E-state index is 12.5. The normalized spacial score (nSPS) is 19.5. The number of hydrogen-bond donors (Lipinski definition) is 0. The monoisotopic (exact) mass is 335 g/mol. The molecule has 0 radical (unpaired) electrons. The van der Waals surface area contributed by atoms with E-state index >= 15 is 0 Å². The second-order valence-electron chi connectivity index (χ2n) is 5.32. The van der Waals surface area contributed by atoms with Crippen molar-refractivity contribution in [3.63, 3.8) is 0 Å². The molecule has 0 aliphatic carbocycles. The van der Waals surface area contributed by atoms with Crippen LogP contribution in [0.3, 0.4) is 0 Å². The molecular formula is C17H21NO6. The standard InChI is InChI=1S/C17H21NO6/c1-4-24-14(19)10-9-13-15(17(21)23-3)18(16(13)20)11-5-7-12(22-2)8-6-11/h5-8,13,15H,4,9-10H2,1-3H3/t13-,15-/m0/s1. The van der Waals surface area contributed by atoms with E-state index in [9.17, 15) is 14.4 Å². The Labute approximate surface area is 140 Å².